The van der Waals surface area contributed by atoms with Crippen LogP contribution in [-0.4, -0.2) is 64.4 Å². The van der Waals surface area contributed by atoms with Crippen molar-refractivity contribution in [3.63, 3.8) is 0 Å². The van der Waals surface area contributed by atoms with Crippen LogP contribution in [-0.2, 0) is 19.1 Å². The van der Waals surface area contributed by atoms with Crippen molar-refractivity contribution < 1.29 is 23.5 Å². The third-order valence-electron chi connectivity index (χ3n) is 7.75. The molecule has 3 amide bonds. The van der Waals surface area contributed by atoms with Crippen LogP contribution in [0.1, 0.15) is 76.2 Å². The van der Waals surface area contributed by atoms with Gasteiger partial charge in [-0.25, -0.2) is 9.37 Å². The average Bonchev–Trinajstić information content (AvgIpc) is 3.39. The van der Waals surface area contributed by atoms with E-state index in [1.807, 2.05) is 24.8 Å². The first-order valence-electron chi connectivity index (χ1n) is 14.0. The molecule has 4 rings (SSSR count). The highest BCUT2D eigenvalue weighted by atomic mass is 19.1. The zero-order valence-electron chi connectivity index (χ0n) is 23.1. The van der Waals surface area contributed by atoms with E-state index in [0.717, 1.165) is 37.7 Å². The summed E-state index contributed by atoms with van der Waals surface area (Å²) in [5.74, 6) is -0.565. The number of amides is 3. The van der Waals surface area contributed by atoms with E-state index in [2.05, 4.69) is 20.6 Å². The molecule has 10 heteroatoms. The summed E-state index contributed by atoms with van der Waals surface area (Å²) < 4.78 is 19.8. The van der Waals surface area contributed by atoms with Crippen LogP contribution in [0, 0.1) is 18.7 Å². The minimum atomic E-state index is -1.01. The lowest BCUT2D eigenvalue weighted by atomic mass is 9.96. The van der Waals surface area contributed by atoms with E-state index in [-0.39, 0.29) is 36.0 Å². The maximum Gasteiger partial charge on any atom is 0.243 e. The van der Waals surface area contributed by atoms with Gasteiger partial charge in [-0.3, -0.25) is 14.4 Å². The zero-order valence-corrected chi connectivity index (χ0v) is 23.1. The molecule has 0 spiro atoms. The van der Waals surface area contributed by atoms with Crippen LogP contribution < -0.4 is 10.6 Å². The Morgan fingerprint density at radius 1 is 1.18 bits per heavy atom. The normalized spacial score (nSPS) is 19.8. The molecule has 2 aliphatic rings. The molecule has 212 valence electrons. The van der Waals surface area contributed by atoms with Crippen molar-refractivity contribution in [2.75, 3.05) is 19.8 Å². The number of rotatable bonds is 9. The van der Waals surface area contributed by atoms with Gasteiger partial charge >= 0.3 is 0 Å². The summed E-state index contributed by atoms with van der Waals surface area (Å²) in [4.78, 5) is 48.7. The van der Waals surface area contributed by atoms with Crippen molar-refractivity contribution in [2.45, 2.75) is 83.8 Å². The van der Waals surface area contributed by atoms with Crippen LogP contribution in [0.4, 0.5) is 4.39 Å². The molecule has 2 fully saturated rings. The molecule has 2 aromatic rings. The highest BCUT2D eigenvalue weighted by molar-refractivity contribution is 5.92. The van der Waals surface area contributed by atoms with Gasteiger partial charge < -0.3 is 25.3 Å². The van der Waals surface area contributed by atoms with Crippen molar-refractivity contribution in [2.24, 2.45) is 5.92 Å². The van der Waals surface area contributed by atoms with Crippen LogP contribution in [0.2, 0.25) is 0 Å². The molecule has 39 heavy (non-hydrogen) atoms. The molecular formula is C29H40FN5O4. The van der Waals surface area contributed by atoms with E-state index in [1.54, 1.807) is 13.0 Å². The molecule has 0 unspecified atom stereocenters. The zero-order chi connectivity index (χ0) is 27.9. The van der Waals surface area contributed by atoms with Gasteiger partial charge in [0, 0.05) is 37.8 Å². The van der Waals surface area contributed by atoms with Crippen molar-refractivity contribution >= 4 is 17.7 Å². The topological polar surface area (TPSA) is 116 Å². The highest BCUT2D eigenvalue weighted by Crippen LogP contribution is 2.24. The number of hydrogen-bond acceptors (Lipinski definition) is 5. The van der Waals surface area contributed by atoms with Gasteiger partial charge in [-0.05, 0) is 76.5 Å². The van der Waals surface area contributed by atoms with Gasteiger partial charge in [0.2, 0.25) is 17.7 Å². The molecule has 1 aromatic carbocycles. The number of carbonyl (C=O) groups is 3. The second kappa shape index (κ2) is 13.2. The number of ether oxygens (including phenoxy) is 1. The van der Waals surface area contributed by atoms with Crippen LogP contribution in [0.5, 0.6) is 0 Å². The SMILES string of the molecule is Cc1ccc(-c2cnc([C@H](C)NC(=O)[C@H](CC(=O)N3CCCC[C@@H]3C)NC(=O)CC3CCOCC3)[nH]2)c(F)c1. The summed E-state index contributed by atoms with van der Waals surface area (Å²) in [6, 6.07) is 3.49. The smallest absolute Gasteiger partial charge is 0.243 e. The molecule has 0 aliphatic carbocycles. The minimum Gasteiger partial charge on any atom is -0.381 e. The lowest BCUT2D eigenvalue weighted by Gasteiger charge is -2.34. The Balaban J connectivity index is 1.44. The Labute approximate surface area is 229 Å². The molecular weight excluding hydrogens is 501 g/mol. The second-order valence-corrected chi connectivity index (χ2v) is 10.9. The number of aromatic nitrogens is 2. The molecule has 0 saturated carbocycles. The number of nitrogens with zero attached hydrogens (tertiary/aromatic N) is 2. The van der Waals surface area contributed by atoms with E-state index in [4.69, 9.17) is 4.74 Å². The first kappa shape index (κ1) is 28.7. The number of aryl methyl sites for hydroxylation is 1. The fourth-order valence-corrected chi connectivity index (χ4v) is 5.35. The lowest BCUT2D eigenvalue weighted by molar-refractivity contribution is -0.138. The fraction of sp³-hybridized carbons (Fsp3) is 0.586. The number of piperidine rings is 1. The fourth-order valence-electron chi connectivity index (χ4n) is 5.35. The van der Waals surface area contributed by atoms with E-state index < -0.39 is 18.0 Å². The number of halogens is 1. The van der Waals surface area contributed by atoms with Crippen LogP contribution in [0.15, 0.2) is 24.4 Å². The van der Waals surface area contributed by atoms with Gasteiger partial charge in [0.1, 0.15) is 17.7 Å². The number of nitrogens with one attached hydrogen (secondary N) is 3. The molecule has 9 nitrogen and oxygen atoms in total. The third kappa shape index (κ3) is 7.65. The van der Waals surface area contributed by atoms with Gasteiger partial charge in [-0.2, -0.15) is 0 Å². The van der Waals surface area contributed by atoms with Gasteiger partial charge in [-0.15, -0.1) is 0 Å². The summed E-state index contributed by atoms with van der Waals surface area (Å²) in [5, 5.41) is 5.71. The van der Waals surface area contributed by atoms with Gasteiger partial charge in [0.25, 0.3) is 0 Å². The Hall–Kier alpha value is -3.27. The Bertz CT molecular complexity index is 1160. The summed E-state index contributed by atoms with van der Waals surface area (Å²) in [6.07, 6.45) is 6.25. The number of aromatic amines is 1. The third-order valence-corrected chi connectivity index (χ3v) is 7.75. The first-order chi connectivity index (χ1) is 18.7. The molecule has 3 heterocycles. The van der Waals surface area contributed by atoms with Crippen molar-refractivity contribution in [3.8, 4) is 11.3 Å². The second-order valence-electron chi connectivity index (χ2n) is 10.9. The standard InChI is InChI=1S/C29H40FN5O4/c1-18-7-8-22(23(30)14-18)25-17-31-28(34-25)20(3)32-29(38)24(16-27(37)35-11-5-4-6-19(35)2)33-26(36)15-21-9-12-39-13-10-21/h7-8,14,17,19-21,24H,4-6,9-13,15-16H2,1-3H3,(H,31,34)(H,32,38)(H,33,36)/t19-,20-,24-/m0/s1. The number of likely N-dealkylation sites (tertiary alicyclic amines) is 1. The van der Waals surface area contributed by atoms with E-state index in [1.165, 1.54) is 12.3 Å². The first-order valence-corrected chi connectivity index (χ1v) is 14.0. The Morgan fingerprint density at radius 3 is 2.67 bits per heavy atom. The number of hydrogen-bond donors (Lipinski definition) is 3. The predicted molar refractivity (Wildman–Crippen MR) is 145 cm³/mol. The molecule has 2 saturated heterocycles. The quantitative estimate of drug-likeness (QED) is 0.447. The van der Waals surface area contributed by atoms with Gasteiger partial charge in [-0.1, -0.05) is 6.07 Å². The number of H-pyrrole nitrogens is 1. The maximum atomic E-state index is 14.5. The number of carbonyl (C=O) groups excluding carboxylic acids is 3. The van der Waals surface area contributed by atoms with Crippen molar-refractivity contribution in [1.29, 1.82) is 0 Å². The molecule has 2 aliphatic heterocycles. The maximum absolute atomic E-state index is 14.5. The lowest BCUT2D eigenvalue weighted by Crippen LogP contribution is -2.51. The summed E-state index contributed by atoms with van der Waals surface area (Å²) in [6.45, 7) is 7.50. The molecule has 1 aromatic heterocycles. The summed E-state index contributed by atoms with van der Waals surface area (Å²) in [7, 11) is 0. The van der Waals surface area contributed by atoms with E-state index >= 15 is 0 Å². The van der Waals surface area contributed by atoms with Crippen LogP contribution in [0.25, 0.3) is 11.3 Å². The number of benzene rings is 1. The summed E-state index contributed by atoms with van der Waals surface area (Å²) >= 11 is 0. The van der Waals surface area contributed by atoms with E-state index in [9.17, 15) is 18.8 Å². The van der Waals surface area contributed by atoms with Crippen LogP contribution in [0.3, 0.4) is 0 Å². The van der Waals surface area contributed by atoms with Crippen LogP contribution >= 0.6 is 0 Å². The van der Waals surface area contributed by atoms with Gasteiger partial charge in [0.15, 0.2) is 0 Å². The molecule has 0 bridgehead atoms. The average molecular weight is 542 g/mol. The Kier molecular flexibility index (Phi) is 9.72. The van der Waals surface area contributed by atoms with Gasteiger partial charge in [0.05, 0.1) is 24.4 Å². The Morgan fingerprint density at radius 2 is 1.95 bits per heavy atom. The van der Waals surface area contributed by atoms with E-state index in [0.29, 0.717) is 43.3 Å². The van der Waals surface area contributed by atoms with Crippen molar-refractivity contribution in [1.82, 2.24) is 25.5 Å². The highest BCUT2D eigenvalue weighted by Gasteiger charge is 2.31. The summed E-state index contributed by atoms with van der Waals surface area (Å²) in [5.41, 5.74) is 1.70. The molecule has 3 atom stereocenters. The predicted octanol–water partition coefficient (Wildman–Crippen LogP) is 3.79. The monoisotopic (exact) mass is 541 g/mol. The largest absolute Gasteiger partial charge is 0.381 e. The number of imidazole rings is 1. The minimum absolute atomic E-state index is 0.107. The molecule has 0 radical (unpaired) electrons. The van der Waals surface area contributed by atoms with Crippen molar-refractivity contribution in [3.05, 3.63) is 41.6 Å². The molecule has 3 N–H and O–H groups in total.